The lowest BCUT2D eigenvalue weighted by atomic mass is 10.3. The molecule has 0 aliphatic rings. The second kappa shape index (κ2) is 6.85. The smallest absolute Gasteiger partial charge is 0.368 e. The van der Waals surface area contributed by atoms with E-state index in [1.807, 2.05) is 18.2 Å². The minimum absolute atomic E-state index is 0.191. The molecule has 118 valence electrons. The monoisotopic (exact) mass is 350 g/mol. The fourth-order valence-electron chi connectivity index (χ4n) is 2.00. The first-order valence-corrected chi connectivity index (χ1v) is 7.57. The van der Waals surface area contributed by atoms with E-state index in [-0.39, 0.29) is 18.8 Å². The van der Waals surface area contributed by atoms with Crippen molar-refractivity contribution in [3.63, 3.8) is 0 Å². The molecule has 0 spiro atoms. The molecule has 0 amide bonds. The lowest BCUT2D eigenvalue weighted by Crippen LogP contribution is -2.26. The molecule has 3 rings (SSSR count). The van der Waals surface area contributed by atoms with Gasteiger partial charge in [0.05, 0.1) is 22.3 Å². The lowest BCUT2D eigenvalue weighted by Gasteiger charge is -2.08. The molecular formula is C15H12Cl2N4O2. The van der Waals surface area contributed by atoms with Crippen LogP contribution in [0.25, 0.3) is 5.69 Å². The van der Waals surface area contributed by atoms with Crippen LogP contribution in [-0.2, 0) is 6.54 Å². The van der Waals surface area contributed by atoms with Crippen LogP contribution in [0.15, 0.2) is 53.3 Å². The first kappa shape index (κ1) is 15.6. The highest BCUT2D eigenvalue weighted by Crippen LogP contribution is 2.32. The van der Waals surface area contributed by atoms with Crippen molar-refractivity contribution < 1.29 is 4.74 Å². The Bertz CT molecular complexity index is 841. The van der Waals surface area contributed by atoms with Crippen LogP contribution in [0.5, 0.6) is 5.75 Å². The number of halogens is 2. The summed E-state index contributed by atoms with van der Waals surface area (Å²) in [6.45, 7) is 0.421. The van der Waals surface area contributed by atoms with Gasteiger partial charge in [-0.25, -0.2) is 4.79 Å². The molecular weight excluding hydrogens is 339 g/mol. The van der Waals surface area contributed by atoms with Gasteiger partial charge in [0, 0.05) is 0 Å². The molecule has 6 nitrogen and oxygen atoms in total. The Morgan fingerprint density at radius 3 is 2.35 bits per heavy atom. The average Bonchev–Trinajstić information content (AvgIpc) is 2.92. The van der Waals surface area contributed by atoms with Crippen LogP contribution in [0.4, 0.5) is 0 Å². The van der Waals surface area contributed by atoms with Crippen molar-refractivity contribution in [2.24, 2.45) is 0 Å². The zero-order valence-corrected chi connectivity index (χ0v) is 13.4. The number of ether oxygens (including phenoxy) is 1. The molecule has 0 aliphatic heterocycles. The molecule has 0 saturated carbocycles. The maximum atomic E-state index is 12.2. The highest BCUT2D eigenvalue weighted by Gasteiger charge is 2.10. The molecule has 0 unspecified atom stereocenters. The normalized spacial score (nSPS) is 10.7. The van der Waals surface area contributed by atoms with Gasteiger partial charge in [-0.2, -0.15) is 9.36 Å². The average molecular weight is 351 g/mol. The highest BCUT2D eigenvalue weighted by molar-refractivity contribution is 6.37. The Morgan fingerprint density at radius 2 is 1.65 bits per heavy atom. The van der Waals surface area contributed by atoms with Gasteiger partial charge in [-0.05, 0) is 34.7 Å². The fraction of sp³-hybridized carbons (Fsp3) is 0.133. The van der Waals surface area contributed by atoms with Gasteiger partial charge in [0.25, 0.3) is 0 Å². The molecule has 0 fully saturated rings. The summed E-state index contributed by atoms with van der Waals surface area (Å²) in [4.78, 5) is 12.2. The largest absolute Gasteiger partial charge is 0.489 e. The molecule has 0 aliphatic carbocycles. The van der Waals surface area contributed by atoms with Crippen LogP contribution in [-0.4, -0.2) is 26.4 Å². The van der Waals surface area contributed by atoms with Gasteiger partial charge in [0.2, 0.25) is 0 Å². The predicted octanol–water partition coefficient (Wildman–Crippen LogP) is 2.81. The Kier molecular flexibility index (Phi) is 4.64. The summed E-state index contributed by atoms with van der Waals surface area (Å²) in [6, 6.07) is 14.2. The molecule has 3 aromatic rings. The Labute approximate surface area is 141 Å². The molecule has 0 radical (unpaired) electrons. The third-order valence-corrected chi connectivity index (χ3v) is 3.70. The molecule has 0 saturated heterocycles. The minimum atomic E-state index is -0.343. The Balaban J connectivity index is 1.71. The zero-order valence-electron chi connectivity index (χ0n) is 11.9. The molecule has 1 heterocycles. The number of benzene rings is 2. The van der Waals surface area contributed by atoms with E-state index in [1.165, 1.54) is 9.36 Å². The summed E-state index contributed by atoms with van der Waals surface area (Å²) in [5.41, 5.74) is 0.309. The maximum absolute atomic E-state index is 12.2. The van der Waals surface area contributed by atoms with Crippen LogP contribution in [0.2, 0.25) is 10.0 Å². The molecule has 0 N–H and O–H groups in total. The van der Waals surface area contributed by atoms with Crippen molar-refractivity contribution in [1.29, 1.82) is 0 Å². The van der Waals surface area contributed by atoms with Crippen molar-refractivity contribution in [3.05, 3.63) is 69.1 Å². The molecule has 0 atom stereocenters. The summed E-state index contributed by atoms with van der Waals surface area (Å²) in [5.74, 6) is 0.388. The lowest BCUT2D eigenvalue weighted by molar-refractivity contribution is 0.288. The summed E-state index contributed by atoms with van der Waals surface area (Å²) in [5, 5.41) is 8.52. The molecule has 1 aromatic heterocycles. The van der Waals surface area contributed by atoms with E-state index in [1.54, 1.807) is 30.3 Å². The van der Waals surface area contributed by atoms with Crippen LogP contribution < -0.4 is 10.4 Å². The highest BCUT2D eigenvalue weighted by atomic mass is 35.5. The van der Waals surface area contributed by atoms with Crippen molar-refractivity contribution in [3.8, 4) is 11.4 Å². The van der Waals surface area contributed by atoms with E-state index in [0.717, 1.165) is 0 Å². The van der Waals surface area contributed by atoms with Gasteiger partial charge in [-0.1, -0.05) is 47.5 Å². The summed E-state index contributed by atoms with van der Waals surface area (Å²) < 4.78 is 7.99. The minimum Gasteiger partial charge on any atom is -0.489 e. The van der Waals surface area contributed by atoms with Gasteiger partial charge < -0.3 is 4.74 Å². The van der Waals surface area contributed by atoms with Gasteiger partial charge >= 0.3 is 5.69 Å². The van der Waals surface area contributed by atoms with Crippen molar-refractivity contribution >= 4 is 23.2 Å². The van der Waals surface area contributed by atoms with Crippen molar-refractivity contribution in [1.82, 2.24) is 19.8 Å². The molecule has 8 heteroatoms. The van der Waals surface area contributed by atoms with E-state index < -0.39 is 0 Å². The second-order valence-corrected chi connectivity index (χ2v) is 5.45. The van der Waals surface area contributed by atoms with Gasteiger partial charge in [0.15, 0.2) is 5.75 Å². The number of aromatic nitrogens is 4. The third-order valence-electron chi connectivity index (χ3n) is 3.11. The standard InChI is InChI=1S/C15H12Cl2N4O2/c16-12-7-4-8-13(17)14(12)23-10-9-20-15(22)21(19-18-20)11-5-2-1-3-6-11/h1-8H,9-10H2. The molecule has 0 bridgehead atoms. The zero-order chi connectivity index (χ0) is 16.2. The third kappa shape index (κ3) is 3.38. The van der Waals surface area contributed by atoms with Crippen molar-refractivity contribution in [2.45, 2.75) is 6.54 Å². The number of tetrazole rings is 1. The number of rotatable bonds is 5. The van der Waals surface area contributed by atoms with Crippen LogP contribution in [0.3, 0.4) is 0 Å². The second-order valence-electron chi connectivity index (χ2n) is 4.63. The van der Waals surface area contributed by atoms with E-state index in [2.05, 4.69) is 10.4 Å². The Hall–Kier alpha value is -2.31. The van der Waals surface area contributed by atoms with Gasteiger partial charge in [0.1, 0.15) is 6.61 Å². The van der Waals surface area contributed by atoms with E-state index in [4.69, 9.17) is 27.9 Å². The first-order valence-electron chi connectivity index (χ1n) is 6.82. The van der Waals surface area contributed by atoms with Crippen LogP contribution in [0, 0.1) is 0 Å². The van der Waals surface area contributed by atoms with Crippen LogP contribution >= 0.6 is 23.2 Å². The van der Waals surface area contributed by atoms with Gasteiger partial charge in [-0.3, -0.25) is 0 Å². The summed E-state index contributed by atoms with van der Waals surface area (Å²) in [6.07, 6.45) is 0. The topological polar surface area (TPSA) is 61.9 Å². The number of hydrogen-bond donors (Lipinski definition) is 0. The van der Waals surface area contributed by atoms with E-state index in [0.29, 0.717) is 21.5 Å². The fourth-order valence-corrected chi connectivity index (χ4v) is 2.51. The first-order chi connectivity index (χ1) is 11.2. The molecule has 2 aromatic carbocycles. The number of nitrogens with zero attached hydrogens (tertiary/aromatic N) is 4. The number of para-hydroxylation sites is 2. The number of hydrogen-bond acceptors (Lipinski definition) is 4. The summed E-state index contributed by atoms with van der Waals surface area (Å²) in [7, 11) is 0. The van der Waals surface area contributed by atoms with Gasteiger partial charge in [-0.15, -0.1) is 0 Å². The van der Waals surface area contributed by atoms with Crippen LogP contribution in [0.1, 0.15) is 0 Å². The van der Waals surface area contributed by atoms with E-state index in [9.17, 15) is 4.79 Å². The summed E-state index contributed by atoms with van der Waals surface area (Å²) >= 11 is 12.0. The maximum Gasteiger partial charge on any atom is 0.368 e. The van der Waals surface area contributed by atoms with E-state index >= 15 is 0 Å². The molecule has 23 heavy (non-hydrogen) atoms. The predicted molar refractivity (Wildman–Crippen MR) is 87.6 cm³/mol. The quantitative estimate of drug-likeness (QED) is 0.709. The SMILES string of the molecule is O=c1n(CCOc2c(Cl)cccc2Cl)nnn1-c1ccccc1. The van der Waals surface area contributed by atoms with Crippen molar-refractivity contribution in [2.75, 3.05) is 6.61 Å². The Morgan fingerprint density at radius 1 is 0.957 bits per heavy atom.